The number of hydrogen-bond donors (Lipinski definition) is 1. The lowest BCUT2D eigenvalue weighted by Gasteiger charge is -2.22. The van der Waals surface area contributed by atoms with Crippen molar-refractivity contribution in [2.75, 3.05) is 32.4 Å². The summed E-state index contributed by atoms with van der Waals surface area (Å²) in [7, 11) is 0. The van der Waals surface area contributed by atoms with Crippen molar-refractivity contribution in [2.45, 2.75) is 82.3 Å². The zero-order chi connectivity index (χ0) is 20.1. The predicted octanol–water partition coefficient (Wildman–Crippen LogP) is 4.75. The third-order valence-electron chi connectivity index (χ3n) is 7.04. The lowest BCUT2D eigenvalue weighted by Crippen LogP contribution is -2.40. The number of thioether (sulfide) groups is 1. The number of guanidine groups is 1. The van der Waals surface area contributed by atoms with Crippen LogP contribution in [0.4, 0.5) is 0 Å². The fourth-order valence-corrected chi connectivity index (χ4v) is 6.15. The zero-order valence-electron chi connectivity index (χ0n) is 18.7. The maximum atomic E-state index is 4.99. The molecule has 0 bridgehead atoms. The summed E-state index contributed by atoms with van der Waals surface area (Å²) in [6.45, 7) is 6.37. The van der Waals surface area contributed by atoms with Gasteiger partial charge in [-0.25, -0.2) is 0 Å². The van der Waals surface area contributed by atoms with Crippen LogP contribution < -0.4 is 5.32 Å². The van der Waals surface area contributed by atoms with Crippen LogP contribution in [-0.2, 0) is 6.42 Å². The number of rotatable bonds is 7. The molecule has 3 aliphatic rings. The van der Waals surface area contributed by atoms with E-state index in [1.807, 2.05) is 0 Å². The van der Waals surface area contributed by atoms with Gasteiger partial charge in [0.25, 0.3) is 0 Å². The molecule has 1 aromatic rings. The van der Waals surface area contributed by atoms with Gasteiger partial charge in [0.2, 0.25) is 0 Å². The Bertz CT molecular complexity index is 673. The molecular weight excluding hydrogens is 507 g/mol. The van der Waals surface area contributed by atoms with E-state index in [0.717, 1.165) is 54.7 Å². The van der Waals surface area contributed by atoms with E-state index in [-0.39, 0.29) is 24.0 Å². The minimum Gasteiger partial charge on any atom is -0.357 e. The first-order valence-electron chi connectivity index (χ1n) is 11.8. The molecule has 2 heterocycles. The van der Waals surface area contributed by atoms with Crippen LogP contribution in [0.25, 0.3) is 0 Å². The minimum atomic E-state index is 0. The van der Waals surface area contributed by atoms with Gasteiger partial charge in [-0.05, 0) is 57.1 Å². The molecule has 170 valence electrons. The normalized spacial score (nSPS) is 24.7. The monoisotopic (exact) mass is 546 g/mol. The van der Waals surface area contributed by atoms with Crippen LogP contribution in [0.3, 0.4) is 0 Å². The number of aromatic nitrogens is 3. The molecule has 4 rings (SSSR count). The summed E-state index contributed by atoms with van der Waals surface area (Å²) < 4.78 is 2.43. The molecule has 0 amide bonds. The third kappa shape index (κ3) is 5.64. The van der Waals surface area contributed by atoms with Gasteiger partial charge in [0.05, 0.1) is 0 Å². The number of hydrogen-bond acceptors (Lipinski definition) is 4. The molecule has 1 aromatic heterocycles. The number of aryl methyl sites for hydroxylation is 1. The van der Waals surface area contributed by atoms with Crippen LogP contribution in [0.5, 0.6) is 0 Å². The van der Waals surface area contributed by atoms with Gasteiger partial charge in [-0.3, -0.25) is 4.99 Å². The fourth-order valence-electron chi connectivity index (χ4n) is 5.57. The first-order chi connectivity index (χ1) is 14.3. The van der Waals surface area contributed by atoms with Crippen molar-refractivity contribution in [3.05, 3.63) is 5.82 Å². The molecule has 2 atom stereocenters. The van der Waals surface area contributed by atoms with Gasteiger partial charge < -0.3 is 14.8 Å². The molecular formula is C22H39IN6S. The second kappa shape index (κ2) is 11.9. The largest absolute Gasteiger partial charge is 0.357 e. The van der Waals surface area contributed by atoms with Gasteiger partial charge in [0.1, 0.15) is 5.82 Å². The van der Waals surface area contributed by atoms with E-state index >= 15 is 0 Å². The van der Waals surface area contributed by atoms with E-state index in [9.17, 15) is 0 Å². The third-order valence-corrected chi connectivity index (χ3v) is 7.68. The highest BCUT2D eigenvalue weighted by atomic mass is 127. The van der Waals surface area contributed by atoms with E-state index in [0.29, 0.717) is 6.04 Å². The lowest BCUT2D eigenvalue weighted by atomic mass is 9.82. The van der Waals surface area contributed by atoms with Gasteiger partial charge >= 0.3 is 0 Å². The van der Waals surface area contributed by atoms with Gasteiger partial charge in [0.15, 0.2) is 11.1 Å². The summed E-state index contributed by atoms with van der Waals surface area (Å²) in [4.78, 5) is 7.52. The van der Waals surface area contributed by atoms with Crippen LogP contribution in [0.2, 0.25) is 0 Å². The summed E-state index contributed by atoms with van der Waals surface area (Å²) in [6.07, 6.45) is 15.0. The van der Waals surface area contributed by atoms with E-state index in [1.54, 1.807) is 11.8 Å². The van der Waals surface area contributed by atoms with Crippen molar-refractivity contribution in [3.8, 4) is 0 Å². The lowest BCUT2D eigenvalue weighted by molar-refractivity contribution is 0.299. The smallest absolute Gasteiger partial charge is 0.193 e. The molecule has 1 saturated heterocycles. The molecule has 8 heteroatoms. The average Bonchev–Trinajstić information content (AvgIpc) is 3.48. The summed E-state index contributed by atoms with van der Waals surface area (Å²) in [5, 5.41) is 13.6. The number of fused-ring (bicyclic) bond motifs is 1. The van der Waals surface area contributed by atoms with Crippen molar-refractivity contribution in [3.63, 3.8) is 0 Å². The Morgan fingerprint density at radius 1 is 1.07 bits per heavy atom. The molecule has 1 aliphatic heterocycles. The van der Waals surface area contributed by atoms with E-state index in [2.05, 4.69) is 38.2 Å². The molecule has 2 unspecified atom stereocenters. The first kappa shape index (κ1) is 24.1. The highest BCUT2D eigenvalue weighted by Gasteiger charge is 2.35. The van der Waals surface area contributed by atoms with E-state index in [1.165, 1.54) is 64.5 Å². The van der Waals surface area contributed by atoms with Crippen LogP contribution in [0.1, 0.15) is 76.6 Å². The number of likely N-dealkylation sites (tertiary alicyclic amines) is 1. The maximum absolute atomic E-state index is 4.99. The highest BCUT2D eigenvalue weighted by Crippen LogP contribution is 2.36. The molecule has 2 saturated carbocycles. The Morgan fingerprint density at radius 2 is 1.73 bits per heavy atom. The number of halogens is 1. The fraction of sp³-hybridized carbons (Fsp3) is 0.864. The molecule has 2 aliphatic carbocycles. The first-order valence-corrected chi connectivity index (χ1v) is 13.0. The molecule has 3 fully saturated rings. The van der Waals surface area contributed by atoms with Gasteiger partial charge in [-0.1, -0.05) is 37.4 Å². The van der Waals surface area contributed by atoms with Crippen molar-refractivity contribution in [1.29, 1.82) is 0 Å². The minimum absolute atomic E-state index is 0. The quantitative estimate of drug-likeness (QED) is 0.176. The maximum Gasteiger partial charge on any atom is 0.193 e. The summed E-state index contributed by atoms with van der Waals surface area (Å²) in [6, 6.07) is 0.608. The predicted molar refractivity (Wildman–Crippen MR) is 136 cm³/mol. The Kier molecular flexibility index (Phi) is 9.60. The molecule has 1 N–H and O–H groups in total. The Morgan fingerprint density at radius 3 is 2.37 bits per heavy atom. The second-order valence-corrected chi connectivity index (χ2v) is 9.73. The van der Waals surface area contributed by atoms with Crippen molar-refractivity contribution < 1.29 is 0 Å². The molecule has 0 spiro atoms. The summed E-state index contributed by atoms with van der Waals surface area (Å²) in [5.74, 6) is 4.07. The standard InChI is InChI=1S/C22H38N6S.HI/c1-3-23-21(27-15-17-9-4-5-10-18(17)16-27)24-14-8-13-20-25-26-22(29-2)28(20)19-11-6-7-12-19;/h17-19H,3-16H2,1-2H3,(H,23,24);1H. The van der Waals surface area contributed by atoms with Gasteiger partial charge in [-0.2, -0.15) is 0 Å². The van der Waals surface area contributed by atoms with Gasteiger partial charge in [-0.15, -0.1) is 34.2 Å². The zero-order valence-corrected chi connectivity index (χ0v) is 21.8. The molecule has 0 radical (unpaired) electrons. The van der Waals surface area contributed by atoms with E-state index in [4.69, 9.17) is 4.99 Å². The average molecular weight is 547 g/mol. The number of nitrogens with one attached hydrogen (secondary N) is 1. The van der Waals surface area contributed by atoms with E-state index < -0.39 is 0 Å². The van der Waals surface area contributed by atoms with Crippen molar-refractivity contribution >= 4 is 41.7 Å². The summed E-state index contributed by atoms with van der Waals surface area (Å²) in [5.41, 5.74) is 0. The van der Waals surface area contributed by atoms with Crippen LogP contribution in [-0.4, -0.2) is 58.1 Å². The Balaban J connectivity index is 0.00000256. The summed E-state index contributed by atoms with van der Waals surface area (Å²) >= 11 is 1.73. The number of nitrogens with zero attached hydrogens (tertiary/aromatic N) is 5. The second-order valence-electron chi connectivity index (χ2n) is 8.96. The van der Waals surface area contributed by atoms with Gasteiger partial charge in [0, 0.05) is 38.6 Å². The Hall–Kier alpha value is -0.510. The van der Waals surface area contributed by atoms with Crippen LogP contribution >= 0.6 is 35.7 Å². The SMILES string of the molecule is CCNC(=NCCCc1nnc(SC)n1C1CCCC1)N1CC2CCCCC2C1.I. The Labute approximate surface area is 203 Å². The molecule has 6 nitrogen and oxygen atoms in total. The number of aliphatic imine (C=N–C) groups is 1. The van der Waals surface area contributed by atoms with Crippen LogP contribution in [0.15, 0.2) is 10.1 Å². The highest BCUT2D eigenvalue weighted by molar-refractivity contribution is 14.0. The molecule has 0 aromatic carbocycles. The van der Waals surface area contributed by atoms with Crippen molar-refractivity contribution in [1.82, 2.24) is 25.0 Å². The molecule has 30 heavy (non-hydrogen) atoms. The van der Waals surface area contributed by atoms with Crippen LogP contribution in [0, 0.1) is 11.8 Å². The van der Waals surface area contributed by atoms with Crippen molar-refractivity contribution in [2.24, 2.45) is 16.8 Å². The topological polar surface area (TPSA) is 58.3 Å².